The number of aromatic amines is 1. The third-order valence-electron chi connectivity index (χ3n) is 0.865. The second-order valence-electron chi connectivity index (χ2n) is 1.36. The minimum absolute atomic E-state index is 0.185. The summed E-state index contributed by atoms with van der Waals surface area (Å²) < 4.78 is 16.7. The van der Waals surface area contributed by atoms with E-state index in [1.54, 1.807) is 0 Å². The summed E-state index contributed by atoms with van der Waals surface area (Å²) in [6, 6.07) is 1.30. The first-order valence-corrected chi connectivity index (χ1v) is 2.21. The molecule has 0 aliphatic rings. The van der Waals surface area contributed by atoms with Gasteiger partial charge in [0.1, 0.15) is 0 Å². The summed E-state index contributed by atoms with van der Waals surface area (Å²) in [5, 5.41) is 0. The molecule has 0 unspecified atom stereocenters. The van der Waals surface area contributed by atoms with E-state index in [0.29, 0.717) is 0 Å². The number of hydrogen-bond acceptors (Lipinski definition) is 1. The van der Waals surface area contributed by atoms with Crippen LogP contribution in [0.4, 0.5) is 4.39 Å². The van der Waals surface area contributed by atoms with Crippen molar-refractivity contribution in [3.05, 3.63) is 18.1 Å². The van der Waals surface area contributed by atoms with Gasteiger partial charge in [-0.05, 0) is 6.07 Å². The van der Waals surface area contributed by atoms with Gasteiger partial charge in [0.2, 0.25) is 5.88 Å². The van der Waals surface area contributed by atoms with Gasteiger partial charge in [0.25, 0.3) is 0 Å². The molecule has 8 heavy (non-hydrogen) atoms. The molecule has 3 heteroatoms. The van der Waals surface area contributed by atoms with Gasteiger partial charge < -0.3 is 9.72 Å². The van der Waals surface area contributed by atoms with Crippen molar-refractivity contribution < 1.29 is 9.13 Å². The number of ether oxygens (including phenoxy) is 1. The lowest BCUT2D eigenvalue weighted by molar-refractivity contribution is 0.374. The van der Waals surface area contributed by atoms with Crippen LogP contribution in [0.3, 0.4) is 0 Å². The minimum atomic E-state index is -0.354. The van der Waals surface area contributed by atoms with E-state index in [2.05, 4.69) is 9.72 Å². The predicted molar refractivity (Wildman–Crippen MR) is 27.3 cm³/mol. The fraction of sp³-hybridized carbons (Fsp3) is 0.200. The topological polar surface area (TPSA) is 25.0 Å². The molecular formula is C5H6FNO. The molecule has 0 bridgehead atoms. The molecule has 0 spiro atoms. The highest BCUT2D eigenvalue weighted by molar-refractivity contribution is 5.12. The Morgan fingerprint density at radius 3 is 2.75 bits per heavy atom. The zero-order chi connectivity index (χ0) is 5.98. The van der Waals surface area contributed by atoms with Crippen LogP contribution in [0.5, 0.6) is 5.88 Å². The average molecular weight is 115 g/mol. The van der Waals surface area contributed by atoms with Crippen molar-refractivity contribution in [2.24, 2.45) is 0 Å². The summed E-state index contributed by atoms with van der Waals surface area (Å²) in [7, 11) is 1.41. The maximum absolute atomic E-state index is 12.2. The summed E-state index contributed by atoms with van der Waals surface area (Å²) in [6.07, 6.45) is 1.48. The number of halogens is 1. The molecule has 0 saturated heterocycles. The Kier molecular flexibility index (Phi) is 1.20. The number of H-pyrrole nitrogens is 1. The molecule has 1 aromatic heterocycles. The first kappa shape index (κ1) is 5.15. The number of methoxy groups -OCH3 is 1. The molecule has 1 heterocycles. The number of nitrogens with one attached hydrogen (secondary N) is 1. The second-order valence-corrected chi connectivity index (χ2v) is 1.36. The molecular weight excluding hydrogens is 109 g/mol. The second kappa shape index (κ2) is 1.86. The lowest BCUT2D eigenvalue weighted by Crippen LogP contribution is -1.83. The molecule has 0 amide bonds. The highest BCUT2D eigenvalue weighted by atomic mass is 19.1. The van der Waals surface area contributed by atoms with E-state index in [4.69, 9.17) is 0 Å². The summed E-state index contributed by atoms with van der Waals surface area (Å²) in [6.45, 7) is 0. The highest BCUT2D eigenvalue weighted by Crippen LogP contribution is 2.10. The molecule has 0 aromatic carbocycles. The molecule has 0 fully saturated rings. The average Bonchev–Trinajstić information content (AvgIpc) is 2.14. The van der Waals surface area contributed by atoms with E-state index >= 15 is 0 Å². The van der Waals surface area contributed by atoms with E-state index in [9.17, 15) is 4.39 Å². The standard InChI is InChI=1S/C5H6FNO/c1-8-5-4(6)2-3-7-5/h2-3,7H,1H3. The van der Waals surface area contributed by atoms with Gasteiger partial charge in [0, 0.05) is 6.20 Å². The van der Waals surface area contributed by atoms with Crippen LogP contribution in [-0.4, -0.2) is 12.1 Å². The Hall–Kier alpha value is -0.990. The molecule has 44 valence electrons. The van der Waals surface area contributed by atoms with Crippen LogP contribution < -0.4 is 4.74 Å². The van der Waals surface area contributed by atoms with Gasteiger partial charge in [0.05, 0.1) is 7.11 Å². The molecule has 0 aliphatic carbocycles. The summed E-state index contributed by atoms with van der Waals surface area (Å²) in [5.74, 6) is -0.169. The van der Waals surface area contributed by atoms with Gasteiger partial charge >= 0.3 is 0 Å². The fourth-order valence-electron chi connectivity index (χ4n) is 0.492. The summed E-state index contributed by atoms with van der Waals surface area (Å²) in [5.41, 5.74) is 0. The molecule has 0 radical (unpaired) electrons. The van der Waals surface area contributed by atoms with Gasteiger partial charge in [-0.25, -0.2) is 4.39 Å². The monoisotopic (exact) mass is 115 g/mol. The third-order valence-corrected chi connectivity index (χ3v) is 0.865. The zero-order valence-corrected chi connectivity index (χ0v) is 4.44. The molecule has 1 rings (SSSR count). The summed E-state index contributed by atoms with van der Waals surface area (Å²) in [4.78, 5) is 2.56. The number of rotatable bonds is 1. The van der Waals surface area contributed by atoms with Crippen LogP contribution in [0.2, 0.25) is 0 Å². The van der Waals surface area contributed by atoms with E-state index in [1.807, 2.05) is 0 Å². The Labute approximate surface area is 46.3 Å². The number of aromatic nitrogens is 1. The predicted octanol–water partition coefficient (Wildman–Crippen LogP) is 1.16. The zero-order valence-electron chi connectivity index (χ0n) is 4.44. The first-order valence-electron chi connectivity index (χ1n) is 2.21. The lowest BCUT2D eigenvalue weighted by Gasteiger charge is -1.90. The van der Waals surface area contributed by atoms with E-state index < -0.39 is 0 Å². The molecule has 1 aromatic rings. The SMILES string of the molecule is COc1[nH]ccc1F. The normalized spacial score (nSPS) is 9.25. The van der Waals surface area contributed by atoms with Crippen molar-refractivity contribution in [3.8, 4) is 5.88 Å². The minimum Gasteiger partial charge on any atom is -0.480 e. The lowest BCUT2D eigenvalue weighted by atomic mass is 10.6. The first-order chi connectivity index (χ1) is 3.84. The molecule has 0 atom stereocenters. The van der Waals surface area contributed by atoms with Crippen LogP contribution in [-0.2, 0) is 0 Å². The molecule has 2 nitrogen and oxygen atoms in total. The van der Waals surface area contributed by atoms with Crippen molar-refractivity contribution in [2.75, 3.05) is 7.11 Å². The maximum atomic E-state index is 12.2. The Balaban J connectivity index is 2.92. The van der Waals surface area contributed by atoms with E-state index in [0.717, 1.165) is 0 Å². The third kappa shape index (κ3) is 0.665. The fourth-order valence-corrected chi connectivity index (χ4v) is 0.492. The van der Waals surface area contributed by atoms with E-state index in [1.165, 1.54) is 19.4 Å². The number of hydrogen-bond donors (Lipinski definition) is 1. The van der Waals surface area contributed by atoms with Gasteiger partial charge in [-0.1, -0.05) is 0 Å². The van der Waals surface area contributed by atoms with Crippen LogP contribution >= 0.6 is 0 Å². The van der Waals surface area contributed by atoms with Gasteiger partial charge in [0.15, 0.2) is 5.82 Å². The largest absolute Gasteiger partial charge is 0.480 e. The van der Waals surface area contributed by atoms with Crippen molar-refractivity contribution >= 4 is 0 Å². The van der Waals surface area contributed by atoms with Gasteiger partial charge in [-0.3, -0.25) is 0 Å². The molecule has 0 saturated carbocycles. The Bertz CT molecular complexity index is 173. The Morgan fingerprint density at radius 2 is 2.50 bits per heavy atom. The van der Waals surface area contributed by atoms with Crippen molar-refractivity contribution in [2.45, 2.75) is 0 Å². The van der Waals surface area contributed by atoms with Crippen molar-refractivity contribution in [1.82, 2.24) is 4.98 Å². The van der Waals surface area contributed by atoms with Crippen LogP contribution in [0.1, 0.15) is 0 Å². The van der Waals surface area contributed by atoms with Crippen LogP contribution in [0.25, 0.3) is 0 Å². The van der Waals surface area contributed by atoms with Crippen molar-refractivity contribution in [3.63, 3.8) is 0 Å². The quantitative estimate of drug-likeness (QED) is 0.583. The van der Waals surface area contributed by atoms with Crippen molar-refractivity contribution in [1.29, 1.82) is 0 Å². The van der Waals surface area contributed by atoms with Gasteiger partial charge in [-0.2, -0.15) is 0 Å². The van der Waals surface area contributed by atoms with E-state index in [-0.39, 0.29) is 11.7 Å². The molecule has 1 N–H and O–H groups in total. The van der Waals surface area contributed by atoms with Crippen LogP contribution in [0.15, 0.2) is 12.3 Å². The Morgan fingerprint density at radius 1 is 1.75 bits per heavy atom. The highest BCUT2D eigenvalue weighted by Gasteiger charge is 1.98. The molecule has 0 aliphatic heterocycles. The maximum Gasteiger partial charge on any atom is 0.227 e. The van der Waals surface area contributed by atoms with Crippen LogP contribution in [0, 0.1) is 5.82 Å². The smallest absolute Gasteiger partial charge is 0.227 e. The van der Waals surface area contributed by atoms with Gasteiger partial charge in [-0.15, -0.1) is 0 Å². The summed E-state index contributed by atoms with van der Waals surface area (Å²) >= 11 is 0.